The standard InChI is InChI=1S/C17H16N2O2/c1-12-8-9-16(21-11-14-6-4-3-5-7-14)15-10-18-19(13(2)20)17(12)15/h3-10H,11H2,1-2H3. The van der Waals surface area contributed by atoms with Crippen molar-refractivity contribution >= 4 is 16.8 Å². The zero-order valence-electron chi connectivity index (χ0n) is 12.0. The summed E-state index contributed by atoms with van der Waals surface area (Å²) in [5.41, 5.74) is 2.92. The van der Waals surface area contributed by atoms with E-state index >= 15 is 0 Å². The SMILES string of the molecule is CC(=O)n1ncc2c(OCc3ccccc3)ccc(C)c21. The molecule has 0 aliphatic heterocycles. The van der Waals surface area contributed by atoms with Crippen LogP contribution in [0.5, 0.6) is 5.75 Å². The van der Waals surface area contributed by atoms with Crippen LogP contribution in [-0.4, -0.2) is 15.7 Å². The molecule has 21 heavy (non-hydrogen) atoms. The van der Waals surface area contributed by atoms with Gasteiger partial charge in [0.2, 0.25) is 5.91 Å². The van der Waals surface area contributed by atoms with E-state index < -0.39 is 0 Å². The number of aromatic nitrogens is 2. The number of benzene rings is 2. The third-order valence-electron chi connectivity index (χ3n) is 3.43. The lowest BCUT2D eigenvalue weighted by atomic mass is 10.1. The van der Waals surface area contributed by atoms with Gasteiger partial charge in [0.05, 0.1) is 17.1 Å². The molecule has 0 radical (unpaired) electrons. The summed E-state index contributed by atoms with van der Waals surface area (Å²) in [4.78, 5) is 11.6. The summed E-state index contributed by atoms with van der Waals surface area (Å²) in [5.74, 6) is 0.639. The Kier molecular flexibility index (Phi) is 3.44. The van der Waals surface area contributed by atoms with Gasteiger partial charge >= 0.3 is 0 Å². The second kappa shape index (κ2) is 5.40. The van der Waals surface area contributed by atoms with E-state index in [1.165, 1.54) is 11.6 Å². The maximum Gasteiger partial charge on any atom is 0.244 e. The fraction of sp³-hybridized carbons (Fsp3) is 0.176. The first-order valence-corrected chi connectivity index (χ1v) is 6.82. The average Bonchev–Trinajstić information content (AvgIpc) is 2.94. The lowest BCUT2D eigenvalue weighted by Gasteiger charge is -2.09. The van der Waals surface area contributed by atoms with Crippen molar-refractivity contribution in [3.8, 4) is 5.75 Å². The van der Waals surface area contributed by atoms with E-state index in [4.69, 9.17) is 4.74 Å². The molecule has 0 saturated carbocycles. The lowest BCUT2D eigenvalue weighted by molar-refractivity contribution is 0.0926. The summed E-state index contributed by atoms with van der Waals surface area (Å²) in [5, 5.41) is 5.02. The van der Waals surface area contributed by atoms with Gasteiger partial charge in [-0.05, 0) is 24.1 Å². The summed E-state index contributed by atoms with van der Waals surface area (Å²) in [6.07, 6.45) is 1.68. The number of hydrogen-bond donors (Lipinski definition) is 0. The van der Waals surface area contributed by atoms with Crippen molar-refractivity contribution in [1.82, 2.24) is 9.78 Å². The molecule has 0 amide bonds. The number of aryl methyl sites for hydroxylation is 1. The van der Waals surface area contributed by atoms with E-state index in [9.17, 15) is 4.79 Å². The first-order chi connectivity index (χ1) is 10.2. The van der Waals surface area contributed by atoms with Crippen molar-refractivity contribution in [1.29, 1.82) is 0 Å². The van der Waals surface area contributed by atoms with Crippen LogP contribution in [0.15, 0.2) is 48.7 Å². The minimum Gasteiger partial charge on any atom is -0.488 e. The van der Waals surface area contributed by atoms with Gasteiger partial charge in [-0.3, -0.25) is 4.79 Å². The van der Waals surface area contributed by atoms with Crippen LogP contribution >= 0.6 is 0 Å². The molecule has 0 N–H and O–H groups in total. The number of rotatable bonds is 3. The van der Waals surface area contributed by atoms with Crippen LogP contribution in [0, 0.1) is 6.92 Å². The van der Waals surface area contributed by atoms with Crippen LogP contribution in [0.2, 0.25) is 0 Å². The normalized spacial score (nSPS) is 10.8. The number of fused-ring (bicyclic) bond motifs is 1. The van der Waals surface area contributed by atoms with E-state index in [0.717, 1.165) is 27.8 Å². The number of ether oxygens (including phenoxy) is 1. The molecule has 1 heterocycles. The van der Waals surface area contributed by atoms with E-state index in [2.05, 4.69) is 5.10 Å². The summed E-state index contributed by atoms with van der Waals surface area (Å²) in [7, 11) is 0. The minimum atomic E-state index is -0.103. The molecular formula is C17H16N2O2. The van der Waals surface area contributed by atoms with Gasteiger partial charge in [-0.15, -0.1) is 0 Å². The molecule has 0 unspecified atom stereocenters. The van der Waals surface area contributed by atoms with Crippen molar-refractivity contribution in [2.24, 2.45) is 0 Å². The summed E-state index contributed by atoms with van der Waals surface area (Å²) < 4.78 is 7.31. The zero-order chi connectivity index (χ0) is 14.8. The second-order valence-electron chi connectivity index (χ2n) is 4.99. The Morgan fingerprint density at radius 1 is 1.19 bits per heavy atom. The molecule has 0 aliphatic carbocycles. The van der Waals surface area contributed by atoms with Crippen molar-refractivity contribution in [2.45, 2.75) is 20.5 Å². The molecule has 1 aromatic heterocycles. The molecule has 0 saturated heterocycles. The predicted octanol–water partition coefficient (Wildman–Crippen LogP) is 3.58. The van der Waals surface area contributed by atoms with E-state index in [1.807, 2.05) is 49.4 Å². The van der Waals surface area contributed by atoms with Crippen molar-refractivity contribution in [3.63, 3.8) is 0 Å². The van der Waals surface area contributed by atoms with Gasteiger partial charge in [0.1, 0.15) is 12.4 Å². The molecule has 4 nitrogen and oxygen atoms in total. The Balaban J connectivity index is 1.96. The molecule has 4 heteroatoms. The topological polar surface area (TPSA) is 44.1 Å². The molecular weight excluding hydrogens is 264 g/mol. The van der Waals surface area contributed by atoms with Gasteiger partial charge in [0.15, 0.2) is 0 Å². The summed E-state index contributed by atoms with van der Waals surface area (Å²) in [6.45, 7) is 3.96. The van der Waals surface area contributed by atoms with Crippen LogP contribution in [0.1, 0.15) is 22.8 Å². The first-order valence-electron chi connectivity index (χ1n) is 6.82. The smallest absolute Gasteiger partial charge is 0.244 e. The van der Waals surface area contributed by atoms with Gasteiger partial charge in [-0.1, -0.05) is 36.4 Å². The highest BCUT2D eigenvalue weighted by molar-refractivity contribution is 5.94. The van der Waals surface area contributed by atoms with Gasteiger partial charge in [-0.2, -0.15) is 9.78 Å². The average molecular weight is 280 g/mol. The molecule has 2 aromatic carbocycles. The van der Waals surface area contributed by atoms with Crippen LogP contribution in [0.3, 0.4) is 0 Å². The Morgan fingerprint density at radius 2 is 1.95 bits per heavy atom. The Labute approximate surface area is 123 Å². The Hall–Kier alpha value is -2.62. The highest BCUT2D eigenvalue weighted by Crippen LogP contribution is 2.28. The molecule has 0 atom stereocenters. The van der Waals surface area contributed by atoms with Gasteiger partial charge in [-0.25, -0.2) is 0 Å². The molecule has 106 valence electrons. The number of nitrogens with zero attached hydrogens (tertiary/aromatic N) is 2. The van der Waals surface area contributed by atoms with E-state index in [-0.39, 0.29) is 5.91 Å². The molecule has 0 fully saturated rings. The highest BCUT2D eigenvalue weighted by Gasteiger charge is 2.13. The van der Waals surface area contributed by atoms with Gasteiger partial charge in [0, 0.05) is 6.92 Å². The number of carbonyl (C=O) groups is 1. The second-order valence-corrected chi connectivity index (χ2v) is 4.99. The monoisotopic (exact) mass is 280 g/mol. The van der Waals surface area contributed by atoms with Crippen LogP contribution < -0.4 is 4.74 Å². The van der Waals surface area contributed by atoms with Gasteiger partial charge in [0.25, 0.3) is 0 Å². The highest BCUT2D eigenvalue weighted by atomic mass is 16.5. The lowest BCUT2D eigenvalue weighted by Crippen LogP contribution is -2.07. The van der Waals surface area contributed by atoms with Gasteiger partial charge < -0.3 is 4.74 Å². The Bertz CT molecular complexity index is 791. The molecule has 0 aliphatic rings. The minimum absolute atomic E-state index is 0.103. The molecule has 3 aromatic rings. The van der Waals surface area contributed by atoms with Crippen molar-refractivity contribution in [2.75, 3.05) is 0 Å². The zero-order valence-corrected chi connectivity index (χ0v) is 12.0. The number of hydrogen-bond acceptors (Lipinski definition) is 3. The molecule has 3 rings (SSSR count). The molecule has 0 spiro atoms. The predicted molar refractivity (Wildman–Crippen MR) is 81.5 cm³/mol. The first kappa shape index (κ1) is 13.4. The Morgan fingerprint density at radius 3 is 2.67 bits per heavy atom. The van der Waals surface area contributed by atoms with Crippen LogP contribution in [0.4, 0.5) is 0 Å². The third-order valence-corrected chi connectivity index (χ3v) is 3.43. The van der Waals surface area contributed by atoms with Crippen molar-refractivity contribution < 1.29 is 9.53 Å². The van der Waals surface area contributed by atoms with E-state index in [0.29, 0.717) is 6.61 Å². The van der Waals surface area contributed by atoms with Crippen LogP contribution in [0.25, 0.3) is 10.9 Å². The number of carbonyl (C=O) groups excluding carboxylic acids is 1. The summed E-state index contributed by atoms with van der Waals surface area (Å²) in [6, 6.07) is 13.9. The summed E-state index contributed by atoms with van der Waals surface area (Å²) >= 11 is 0. The molecule has 0 bridgehead atoms. The van der Waals surface area contributed by atoms with Crippen molar-refractivity contribution in [3.05, 3.63) is 59.8 Å². The fourth-order valence-corrected chi connectivity index (χ4v) is 2.38. The fourth-order valence-electron chi connectivity index (χ4n) is 2.38. The van der Waals surface area contributed by atoms with Crippen LogP contribution in [-0.2, 0) is 6.61 Å². The van der Waals surface area contributed by atoms with E-state index in [1.54, 1.807) is 6.20 Å². The maximum atomic E-state index is 11.6. The largest absolute Gasteiger partial charge is 0.488 e. The third kappa shape index (κ3) is 2.52. The maximum absolute atomic E-state index is 11.6. The quantitative estimate of drug-likeness (QED) is 0.736.